The Morgan fingerprint density at radius 1 is 0.912 bits per heavy atom. The lowest BCUT2D eigenvalue weighted by Gasteiger charge is -2.25. The average Bonchev–Trinajstić information content (AvgIpc) is 3.37. The van der Waals surface area contributed by atoms with E-state index in [2.05, 4.69) is 4.98 Å². The number of aromatic nitrogens is 1. The summed E-state index contributed by atoms with van der Waals surface area (Å²) in [5.41, 5.74) is 2.48. The number of ketones is 1. The third-order valence-corrected chi connectivity index (χ3v) is 6.13. The minimum atomic E-state index is -0.846. The average molecular weight is 458 g/mol. The van der Waals surface area contributed by atoms with E-state index >= 15 is 0 Å². The highest BCUT2D eigenvalue weighted by atomic mass is 19.1. The molecular formula is C27H20F2N2O3. The molecule has 0 aliphatic carbocycles. The minimum absolute atomic E-state index is 0.0551. The molecular weight excluding hydrogens is 438 g/mol. The van der Waals surface area contributed by atoms with Gasteiger partial charge in [0.25, 0.3) is 11.7 Å². The molecule has 0 saturated carbocycles. The van der Waals surface area contributed by atoms with Gasteiger partial charge in [0.1, 0.15) is 17.4 Å². The first-order valence-electron chi connectivity index (χ1n) is 10.8. The second kappa shape index (κ2) is 8.59. The van der Waals surface area contributed by atoms with Gasteiger partial charge >= 0.3 is 0 Å². The fraction of sp³-hybridized carbons (Fsp3) is 0.111. The molecule has 4 aromatic rings. The fourth-order valence-electron chi connectivity index (χ4n) is 4.42. The molecule has 1 aromatic heterocycles. The summed E-state index contributed by atoms with van der Waals surface area (Å²) in [5, 5.41) is 11.9. The SMILES string of the molecule is O=C1C(=O)N(CCc2ccc(F)cc2)C(c2c[nH]c3ccccc23)/C1=C(\O)c1ccc(F)cc1. The second-order valence-electron chi connectivity index (χ2n) is 8.17. The Labute approximate surface area is 194 Å². The van der Waals surface area contributed by atoms with Crippen LogP contribution in [0.15, 0.2) is 84.6 Å². The zero-order chi connectivity index (χ0) is 23.8. The summed E-state index contributed by atoms with van der Waals surface area (Å²) in [5.74, 6) is -2.75. The minimum Gasteiger partial charge on any atom is -0.507 e. The third kappa shape index (κ3) is 3.75. The first kappa shape index (κ1) is 21.6. The van der Waals surface area contributed by atoms with Gasteiger partial charge in [-0.05, 0) is 54.4 Å². The molecule has 1 aliphatic rings. The van der Waals surface area contributed by atoms with Gasteiger partial charge in [-0.2, -0.15) is 0 Å². The number of rotatable bonds is 5. The largest absolute Gasteiger partial charge is 0.507 e. The number of H-pyrrole nitrogens is 1. The van der Waals surface area contributed by atoms with E-state index in [1.807, 2.05) is 24.3 Å². The molecule has 170 valence electrons. The number of fused-ring (bicyclic) bond motifs is 1. The Morgan fingerprint density at radius 2 is 1.56 bits per heavy atom. The Balaban J connectivity index is 1.62. The summed E-state index contributed by atoms with van der Waals surface area (Å²) in [6.07, 6.45) is 2.12. The lowest BCUT2D eigenvalue weighted by atomic mass is 9.95. The predicted molar refractivity (Wildman–Crippen MR) is 124 cm³/mol. The highest BCUT2D eigenvalue weighted by Gasteiger charge is 2.46. The van der Waals surface area contributed by atoms with E-state index < -0.39 is 23.5 Å². The number of hydrogen-bond donors (Lipinski definition) is 2. The van der Waals surface area contributed by atoms with Crippen LogP contribution in [-0.4, -0.2) is 33.2 Å². The van der Waals surface area contributed by atoms with Gasteiger partial charge in [-0.15, -0.1) is 0 Å². The second-order valence-corrected chi connectivity index (χ2v) is 8.17. The van der Waals surface area contributed by atoms with Crippen molar-refractivity contribution >= 4 is 28.4 Å². The van der Waals surface area contributed by atoms with Crippen LogP contribution < -0.4 is 0 Å². The first-order valence-corrected chi connectivity index (χ1v) is 10.8. The van der Waals surface area contributed by atoms with E-state index in [0.717, 1.165) is 16.5 Å². The van der Waals surface area contributed by atoms with E-state index in [9.17, 15) is 23.5 Å². The number of aromatic amines is 1. The summed E-state index contributed by atoms with van der Waals surface area (Å²) in [6.45, 7) is 0.181. The van der Waals surface area contributed by atoms with Crippen LogP contribution in [0.1, 0.15) is 22.7 Å². The molecule has 1 atom stereocenters. The van der Waals surface area contributed by atoms with E-state index in [1.54, 1.807) is 18.3 Å². The zero-order valence-electron chi connectivity index (χ0n) is 18.0. The number of amides is 1. The van der Waals surface area contributed by atoms with Crippen molar-refractivity contribution in [2.45, 2.75) is 12.5 Å². The number of likely N-dealkylation sites (tertiary alicyclic amines) is 1. The molecule has 5 rings (SSSR count). The highest BCUT2D eigenvalue weighted by Crippen LogP contribution is 2.42. The standard InChI is InChI=1S/C27H20F2N2O3/c28-18-9-5-16(6-10-18)13-14-31-24(21-15-30-22-4-2-1-3-20(21)22)23(26(33)27(31)34)25(32)17-7-11-19(29)12-8-17/h1-12,15,24,30,32H,13-14H2/b25-23+. The maximum atomic E-state index is 13.4. The van der Waals surface area contributed by atoms with Crippen molar-refractivity contribution in [3.8, 4) is 0 Å². The predicted octanol–water partition coefficient (Wildman–Crippen LogP) is 5.11. The van der Waals surface area contributed by atoms with Gasteiger partial charge in [-0.1, -0.05) is 30.3 Å². The quantitative estimate of drug-likeness (QED) is 0.248. The molecule has 34 heavy (non-hydrogen) atoms. The molecule has 7 heteroatoms. The van der Waals surface area contributed by atoms with Crippen molar-refractivity contribution in [2.75, 3.05) is 6.54 Å². The number of hydrogen-bond acceptors (Lipinski definition) is 3. The van der Waals surface area contributed by atoms with Crippen molar-refractivity contribution in [1.82, 2.24) is 9.88 Å². The maximum absolute atomic E-state index is 13.4. The van der Waals surface area contributed by atoms with Gasteiger partial charge in [0.15, 0.2) is 0 Å². The van der Waals surface area contributed by atoms with E-state index in [4.69, 9.17) is 0 Å². The molecule has 3 aromatic carbocycles. The Kier molecular flexibility index (Phi) is 5.45. The summed E-state index contributed by atoms with van der Waals surface area (Å²) >= 11 is 0. The van der Waals surface area contributed by atoms with Crippen LogP contribution in [0.3, 0.4) is 0 Å². The zero-order valence-corrected chi connectivity index (χ0v) is 18.0. The fourth-order valence-corrected chi connectivity index (χ4v) is 4.42. The monoisotopic (exact) mass is 458 g/mol. The number of aliphatic hydroxyl groups excluding tert-OH is 1. The van der Waals surface area contributed by atoms with Crippen LogP contribution in [0.25, 0.3) is 16.7 Å². The molecule has 1 saturated heterocycles. The number of carbonyl (C=O) groups is 2. The smallest absolute Gasteiger partial charge is 0.295 e. The van der Waals surface area contributed by atoms with E-state index in [0.29, 0.717) is 12.0 Å². The van der Waals surface area contributed by atoms with E-state index in [-0.39, 0.29) is 29.3 Å². The molecule has 2 N–H and O–H groups in total. The third-order valence-electron chi connectivity index (χ3n) is 6.13. The van der Waals surface area contributed by atoms with Gasteiger partial charge in [0.2, 0.25) is 0 Å². The van der Waals surface area contributed by atoms with Crippen LogP contribution in [0.5, 0.6) is 0 Å². The number of benzene rings is 3. The topological polar surface area (TPSA) is 73.4 Å². The van der Waals surface area contributed by atoms with Crippen LogP contribution in [0, 0.1) is 11.6 Å². The summed E-state index contributed by atoms with van der Waals surface area (Å²) < 4.78 is 26.7. The molecule has 0 radical (unpaired) electrons. The van der Waals surface area contributed by atoms with Crippen LogP contribution in [0.2, 0.25) is 0 Å². The maximum Gasteiger partial charge on any atom is 0.295 e. The van der Waals surface area contributed by atoms with Crippen molar-refractivity contribution in [2.24, 2.45) is 0 Å². The number of Topliss-reactive ketones (excluding diaryl/α,β-unsaturated/α-hetero) is 1. The molecule has 0 bridgehead atoms. The molecule has 1 amide bonds. The van der Waals surface area contributed by atoms with Crippen molar-refractivity contribution in [3.63, 3.8) is 0 Å². The first-order chi connectivity index (χ1) is 16.4. The van der Waals surface area contributed by atoms with Crippen molar-refractivity contribution in [3.05, 3.63) is 113 Å². The lowest BCUT2D eigenvalue weighted by molar-refractivity contribution is -0.139. The number of nitrogens with one attached hydrogen (secondary N) is 1. The van der Waals surface area contributed by atoms with Crippen molar-refractivity contribution in [1.29, 1.82) is 0 Å². The number of carbonyl (C=O) groups excluding carboxylic acids is 2. The Bertz CT molecular complexity index is 1420. The Hall–Kier alpha value is -4.26. The molecule has 1 aliphatic heterocycles. The summed E-state index contributed by atoms with van der Waals surface area (Å²) in [7, 11) is 0. The summed E-state index contributed by atoms with van der Waals surface area (Å²) in [6, 6.07) is 17.7. The van der Waals surface area contributed by atoms with Crippen LogP contribution >= 0.6 is 0 Å². The molecule has 0 spiro atoms. The van der Waals surface area contributed by atoms with Gasteiger partial charge in [-0.25, -0.2) is 8.78 Å². The van der Waals surface area contributed by atoms with Gasteiger partial charge in [0.05, 0.1) is 11.6 Å². The number of aliphatic hydroxyl groups is 1. The van der Waals surface area contributed by atoms with Crippen LogP contribution in [-0.2, 0) is 16.0 Å². The molecule has 1 unspecified atom stereocenters. The van der Waals surface area contributed by atoms with Crippen molar-refractivity contribution < 1.29 is 23.5 Å². The normalized spacial score (nSPS) is 17.6. The number of halogens is 2. The van der Waals surface area contributed by atoms with Gasteiger partial charge in [-0.3, -0.25) is 9.59 Å². The molecule has 2 heterocycles. The number of nitrogens with zero attached hydrogens (tertiary/aromatic N) is 1. The Morgan fingerprint density at radius 3 is 2.26 bits per heavy atom. The summed E-state index contributed by atoms with van der Waals surface area (Å²) in [4.78, 5) is 30.9. The number of para-hydroxylation sites is 1. The van der Waals surface area contributed by atoms with E-state index in [1.165, 1.54) is 41.3 Å². The van der Waals surface area contributed by atoms with Crippen LogP contribution in [0.4, 0.5) is 8.78 Å². The molecule has 1 fully saturated rings. The highest BCUT2D eigenvalue weighted by molar-refractivity contribution is 6.46. The van der Waals surface area contributed by atoms with Gasteiger partial charge < -0.3 is 15.0 Å². The molecule has 5 nitrogen and oxygen atoms in total. The van der Waals surface area contributed by atoms with Gasteiger partial charge in [0, 0.05) is 34.8 Å². The lowest BCUT2D eigenvalue weighted by Crippen LogP contribution is -2.31.